The van der Waals surface area contributed by atoms with Gasteiger partial charge in [-0.15, -0.1) is 24.8 Å². The monoisotopic (exact) mass is 490 g/mol. The zero-order valence-corrected chi connectivity index (χ0v) is 18.2. The van der Waals surface area contributed by atoms with Crippen LogP contribution in [0.15, 0.2) is 21.1 Å². The summed E-state index contributed by atoms with van der Waals surface area (Å²) in [5.74, 6) is 0.387. The zero-order valence-electron chi connectivity index (χ0n) is 13.4. The van der Waals surface area contributed by atoms with Crippen LogP contribution in [0.4, 0.5) is 0 Å². The van der Waals surface area contributed by atoms with Crippen molar-refractivity contribution in [3.05, 3.63) is 26.6 Å². The molecule has 2 N–H and O–H groups in total. The van der Waals surface area contributed by atoms with E-state index in [1.165, 1.54) is 19.3 Å². The Morgan fingerprint density at radius 2 is 1.83 bits per heavy atom. The van der Waals surface area contributed by atoms with E-state index < -0.39 is 0 Å². The highest BCUT2D eigenvalue weighted by molar-refractivity contribution is 9.11. The Morgan fingerprint density at radius 3 is 2.43 bits per heavy atom. The number of rotatable bonds is 6. The van der Waals surface area contributed by atoms with Gasteiger partial charge in [-0.3, -0.25) is 4.90 Å². The van der Waals surface area contributed by atoms with E-state index in [1.807, 2.05) is 6.07 Å². The molecule has 7 heteroatoms. The molecule has 0 aromatic heterocycles. The number of halogens is 4. The average molecular weight is 493 g/mol. The Bertz CT molecular complexity index is 472. The number of piperazine rings is 1. The fourth-order valence-corrected chi connectivity index (χ4v) is 4.21. The highest BCUT2D eigenvalue weighted by Gasteiger charge is 2.25. The molecule has 2 rings (SSSR count). The van der Waals surface area contributed by atoms with Crippen LogP contribution in [0.3, 0.4) is 0 Å². The smallest absolute Gasteiger partial charge is 0.134 e. The molecule has 0 spiro atoms. The lowest BCUT2D eigenvalue weighted by Crippen LogP contribution is -2.45. The predicted molar refractivity (Wildman–Crippen MR) is 109 cm³/mol. The van der Waals surface area contributed by atoms with Gasteiger partial charge in [0, 0.05) is 42.3 Å². The first-order valence-corrected chi connectivity index (χ1v) is 9.34. The first kappa shape index (κ1) is 23.5. The van der Waals surface area contributed by atoms with Gasteiger partial charge in [-0.25, -0.2) is 0 Å². The standard InChI is InChI=1S/C16H24Br2N2O.2ClH/c1-2-3-4-5-15(20-8-6-19-7-9-20)13-10-12(17)11-14(18)16(13)21;;/h10-11,15,19,21H,2-9H2,1H3;2*1H/t15-;;/m0../s1. The number of hydrogen-bond acceptors (Lipinski definition) is 3. The molecule has 1 saturated heterocycles. The van der Waals surface area contributed by atoms with Crippen molar-refractivity contribution in [1.29, 1.82) is 0 Å². The van der Waals surface area contributed by atoms with Crippen LogP contribution >= 0.6 is 56.7 Å². The van der Waals surface area contributed by atoms with Gasteiger partial charge in [0.1, 0.15) is 5.75 Å². The van der Waals surface area contributed by atoms with Crippen LogP contribution in [0.5, 0.6) is 5.75 Å². The minimum atomic E-state index is 0. The quantitative estimate of drug-likeness (QED) is 0.530. The maximum absolute atomic E-state index is 10.5. The van der Waals surface area contributed by atoms with Gasteiger partial charge < -0.3 is 10.4 Å². The SMILES string of the molecule is CCCCC[C@@H](c1cc(Br)cc(Br)c1O)N1CCNCC1.Cl.Cl. The third-order valence-electron chi connectivity index (χ3n) is 4.09. The first-order chi connectivity index (χ1) is 10.1. The second-order valence-corrected chi connectivity index (χ2v) is 7.39. The maximum atomic E-state index is 10.5. The fraction of sp³-hybridized carbons (Fsp3) is 0.625. The number of nitrogens with one attached hydrogen (secondary N) is 1. The molecule has 0 unspecified atom stereocenters. The van der Waals surface area contributed by atoms with E-state index in [9.17, 15) is 5.11 Å². The lowest BCUT2D eigenvalue weighted by molar-refractivity contribution is 0.160. The Kier molecular flexibility index (Phi) is 12.2. The maximum Gasteiger partial charge on any atom is 0.134 e. The Hall–Kier alpha value is 0.480. The molecule has 1 aliphatic heterocycles. The van der Waals surface area contributed by atoms with Crippen LogP contribution in [0.25, 0.3) is 0 Å². The number of nitrogens with zero attached hydrogens (tertiary/aromatic N) is 1. The molecule has 1 fully saturated rings. The molecule has 23 heavy (non-hydrogen) atoms. The van der Waals surface area contributed by atoms with Gasteiger partial charge in [0.2, 0.25) is 0 Å². The number of unbranched alkanes of at least 4 members (excludes halogenated alkanes) is 2. The van der Waals surface area contributed by atoms with Crippen molar-refractivity contribution in [1.82, 2.24) is 10.2 Å². The molecular formula is C16H26Br2Cl2N2O. The van der Waals surface area contributed by atoms with Crippen molar-refractivity contribution in [3.63, 3.8) is 0 Å². The minimum absolute atomic E-state index is 0. The first-order valence-electron chi connectivity index (χ1n) is 7.76. The molecule has 1 atom stereocenters. The number of phenols is 1. The van der Waals surface area contributed by atoms with Crippen LogP contribution in [0.1, 0.15) is 44.2 Å². The second kappa shape index (κ2) is 11.9. The molecule has 134 valence electrons. The molecule has 1 aromatic rings. The number of benzene rings is 1. The van der Waals surface area contributed by atoms with E-state index >= 15 is 0 Å². The van der Waals surface area contributed by atoms with Gasteiger partial charge in [-0.1, -0.05) is 42.1 Å². The van der Waals surface area contributed by atoms with Crippen LogP contribution in [0.2, 0.25) is 0 Å². The lowest BCUT2D eigenvalue weighted by atomic mass is 9.97. The number of hydrogen-bond donors (Lipinski definition) is 2. The van der Waals surface area contributed by atoms with E-state index in [0.29, 0.717) is 11.8 Å². The molecule has 3 nitrogen and oxygen atoms in total. The van der Waals surface area contributed by atoms with E-state index in [2.05, 4.69) is 55.1 Å². The summed E-state index contributed by atoms with van der Waals surface area (Å²) < 4.78 is 1.78. The minimum Gasteiger partial charge on any atom is -0.506 e. The van der Waals surface area contributed by atoms with Gasteiger partial charge in [0.25, 0.3) is 0 Å². The zero-order chi connectivity index (χ0) is 15.2. The highest BCUT2D eigenvalue weighted by Crippen LogP contribution is 2.39. The van der Waals surface area contributed by atoms with Gasteiger partial charge >= 0.3 is 0 Å². The topological polar surface area (TPSA) is 35.5 Å². The normalized spacial score (nSPS) is 16.3. The third kappa shape index (κ3) is 6.71. The van der Waals surface area contributed by atoms with Gasteiger partial charge in [0.15, 0.2) is 0 Å². The summed E-state index contributed by atoms with van der Waals surface area (Å²) >= 11 is 7.01. The Labute approximate surface area is 168 Å². The summed E-state index contributed by atoms with van der Waals surface area (Å²) in [7, 11) is 0. The van der Waals surface area contributed by atoms with Crippen LogP contribution < -0.4 is 5.32 Å². The number of aromatic hydroxyl groups is 1. The summed E-state index contributed by atoms with van der Waals surface area (Å²) in [6, 6.07) is 4.27. The van der Waals surface area contributed by atoms with Gasteiger partial charge in [-0.05, 0) is 34.5 Å². The Morgan fingerprint density at radius 1 is 1.17 bits per heavy atom. The van der Waals surface area contributed by atoms with E-state index in [-0.39, 0.29) is 24.8 Å². The molecule has 0 radical (unpaired) electrons. The predicted octanol–water partition coefficient (Wildman–Crippen LogP) is 5.29. The summed E-state index contributed by atoms with van der Waals surface area (Å²) in [5.41, 5.74) is 1.04. The molecule has 1 aliphatic rings. The van der Waals surface area contributed by atoms with Crippen molar-refractivity contribution in [2.24, 2.45) is 0 Å². The molecule has 0 amide bonds. The van der Waals surface area contributed by atoms with Crippen molar-refractivity contribution in [2.75, 3.05) is 26.2 Å². The Balaban J connectivity index is 0.00000242. The lowest BCUT2D eigenvalue weighted by Gasteiger charge is -2.36. The van der Waals surface area contributed by atoms with Crippen LogP contribution in [0, 0.1) is 0 Å². The van der Waals surface area contributed by atoms with Crippen molar-refractivity contribution >= 4 is 56.7 Å². The second-order valence-electron chi connectivity index (χ2n) is 5.62. The van der Waals surface area contributed by atoms with E-state index in [0.717, 1.165) is 47.1 Å². The average Bonchev–Trinajstić information content (AvgIpc) is 2.49. The third-order valence-corrected chi connectivity index (χ3v) is 5.15. The van der Waals surface area contributed by atoms with Crippen molar-refractivity contribution in [2.45, 2.75) is 38.6 Å². The van der Waals surface area contributed by atoms with Crippen LogP contribution in [-0.4, -0.2) is 36.2 Å². The molecular weight excluding hydrogens is 467 g/mol. The van der Waals surface area contributed by atoms with Crippen molar-refractivity contribution < 1.29 is 5.11 Å². The van der Waals surface area contributed by atoms with Gasteiger partial charge in [-0.2, -0.15) is 0 Å². The summed E-state index contributed by atoms with van der Waals surface area (Å²) in [6.45, 7) is 6.37. The van der Waals surface area contributed by atoms with Gasteiger partial charge in [0.05, 0.1) is 4.47 Å². The van der Waals surface area contributed by atoms with Crippen molar-refractivity contribution in [3.8, 4) is 5.75 Å². The molecule has 0 bridgehead atoms. The van der Waals surface area contributed by atoms with E-state index in [1.54, 1.807) is 0 Å². The largest absolute Gasteiger partial charge is 0.506 e. The molecule has 0 saturated carbocycles. The summed E-state index contributed by atoms with van der Waals surface area (Å²) in [6.07, 6.45) is 4.78. The molecule has 0 aliphatic carbocycles. The van der Waals surface area contributed by atoms with Crippen LogP contribution in [-0.2, 0) is 0 Å². The number of phenolic OH excluding ortho intramolecular Hbond substituents is 1. The molecule has 1 aromatic carbocycles. The summed E-state index contributed by atoms with van der Waals surface area (Å²) in [5, 5.41) is 13.9. The fourth-order valence-electron chi connectivity index (χ4n) is 2.96. The highest BCUT2D eigenvalue weighted by atomic mass is 79.9. The summed E-state index contributed by atoms with van der Waals surface area (Å²) in [4.78, 5) is 2.50. The molecule has 1 heterocycles. The van der Waals surface area contributed by atoms with E-state index in [4.69, 9.17) is 0 Å².